The van der Waals surface area contributed by atoms with Gasteiger partial charge in [0.05, 0.1) is 0 Å². The van der Waals surface area contributed by atoms with Crippen LogP contribution < -0.4 is 0 Å². The normalized spacial score (nSPS) is 36.5. The molecule has 0 heterocycles. The number of allylic oxidation sites excluding steroid dienone is 1. The van der Waals surface area contributed by atoms with Gasteiger partial charge in [-0.1, -0.05) is 47.0 Å². The topological polar surface area (TPSA) is 50.1 Å². The number of ether oxygens (including phenoxy) is 1. The van der Waals surface area contributed by atoms with E-state index in [1.54, 1.807) is 17.7 Å². The molecule has 9 atom stereocenters. The van der Waals surface area contributed by atoms with E-state index < -0.39 is 0 Å². The second-order valence-corrected chi connectivity index (χ2v) is 15.8. The SMILES string of the molecule is CC(C)CCC[C@@H](C)[C@H]1CC[C@H]2[C@@H]3CC=C4C[C@H](OC(=O)c5ccc(C([SeH])C#N)cc5)CC[C@]4(C)[C@H]3CC[C@]12C. The minimum absolute atomic E-state index is 0.0332. The zero-order chi connectivity index (χ0) is 28.7. The van der Waals surface area contributed by atoms with Gasteiger partial charge in [-0.2, -0.15) is 0 Å². The zero-order valence-corrected chi connectivity index (χ0v) is 27.4. The number of hydrogen-bond donors (Lipinski definition) is 0. The average Bonchev–Trinajstić information content (AvgIpc) is 3.30. The third kappa shape index (κ3) is 5.60. The molecule has 4 aliphatic rings. The van der Waals surface area contributed by atoms with Crippen LogP contribution in [0.15, 0.2) is 35.9 Å². The minimum atomic E-state index is -0.235. The molecule has 0 bridgehead atoms. The van der Waals surface area contributed by atoms with Gasteiger partial charge in [0.2, 0.25) is 0 Å². The summed E-state index contributed by atoms with van der Waals surface area (Å²) in [5, 5.41) is 9.14. The van der Waals surface area contributed by atoms with Gasteiger partial charge in [-0.25, -0.2) is 0 Å². The van der Waals surface area contributed by atoms with E-state index in [4.69, 9.17) is 10.00 Å². The van der Waals surface area contributed by atoms with Crippen LogP contribution >= 0.6 is 0 Å². The summed E-state index contributed by atoms with van der Waals surface area (Å²) in [4.78, 5) is 12.7. The summed E-state index contributed by atoms with van der Waals surface area (Å²) in [6.07, 6.45) is 16.6. The molecular weight excluding hydrogens is 557 g/mol. The van der Waals surface area contributed by atoms with Gasteiger partial charge in [0, 0.05) is 0 Å². The first-order valence-electron chi connectivity index (χ1n) is 16.1. The Bertz CT molecular complexity index is 1130. The van der Waals surface area contributed by atoms with E-state index in [0.717, 1.165) is 60.3 Å². The first kappa shape index (κ1) is 29.9. The van der Waals surface area contributed by atoms with Gasteiger partial charge in [-0.3, -0.25) is 0 Å². The van der Waals surface area contributed by atoms with Crippen molar-refractivity contribution < 1.29 is 9.53 Å². The summed E-state index contributed by atoms with van der Waals surface area (Å²) >= 11 is 2.37. The van der Waals surface area contributed by atoms with Crippen LogP contribution in [0.1, 0.15) is 126 Å². The predicted octanol–water partition coefficient (Wildman–Crippen LogP) is 8.72. The number of nitriles is 1. The van der Waals surface area contributed by atoms with Crippen molar-refractivity contribution in [3.05, 3.63) is 47.0 Å². The number of rotatable bonds is 8. The molecule has 5 rings (SSSR count). The van der Waals surface area contributed by atoms with Crippen LogP contribution in [-0.4, -0.2) is 28.1 Å². The Balaban J connectivity index is 1.23. The number of carbonyl (C=O) groups is 1. The van der Waals surface area contributed by atoms with E-state index >= 15 is 0 Å². The third-order valence-corrected chi connectivity index (χ3v) is 13.0. The molecule has 1 aromatic rings. The summed E-state index contributed by atoms with van der Waals surface area (Å²) in [5.74, 6) is 4.82. The van der Waals surface area contributed by atoms with Crippen LogP contribution in [0.5, 0.6) is 0 Å². The molecule has 0 aromatic heterocycles. The number of carbonyl (C=O) groups excluding carboxylic acids is 1. The molecule has 1 unspecified atom stereocenters. The molecule has 3 fully saturated rings. The maximum absolute atomic E-state index is 13.0. The Labute approximate surface area is 251 Å². The smallest absolute Gasteiger partial charge is 0.0591 e. The predicted molar refractivity (Wildman–Crippen MR) is 164 cm³/mol. The summed E-state index contributed by atoms with van der Waals surface area (Å²) in [7, 11) is 0. The summed E-state index contributed by atoms with van der Waals surface area (Å²) in [6, 6.07) is 9.55. The van der Waals surface area contributed by atoms with Crippen molar-refractivity contribution in [3.63, 3.8) is 0 Å². The molecule has 40 heavy (non-hydrogen) atoms. The van der Waals surface area contributed by atoms with Gasteiger partial charge in [-0.05, 0) is 60.7 Å². The number of nitrogens with zero attached hydrogens (tertiary/aromatic N) is 1. The Morgan fingerprint density at radius 2 is 1.80 bits per heavy atom. The van der Waals surface area contributed by atoms with Crippen molar-refractivity contribution in [3.8, 4) is 6.07 Å². The second-order valence-electron chi connectivity index (χ2n) is 14.7. The van der Waals surface area contributed by atoms with Crippen molar-refractivity contribution in [2.75, 3.05) is 0 Å². The van der Waals surface area contributed by atoms with Crippen molar-refractivity contribution in [1.29, 1.82) is 5.26 Å². The Morgan fingerprint density at radius 1 is 1.05 bits per heavy atom. The van der Waals surface area contributed by atoms with E-state index in [1.165, 1.54) is 51.4 Å². The molecule has 0 radical (unpaired) electrons. The molecule has 3 nitrogen and oxygen atoms in total. The molecule has 1 aromatic carbocycles. The number of esters is 1. The summed E-state index contributed by atoms with van der Waals surface area (Å²) < 4.78 is 6.06. The van der Waals surface area contributed by atoms with E-state index in [0.29, 0.717) is 11.0 Å². The minimum Gasteiger partial charge on any atom is -0.0591 e. The summed E-state index contributed by atoms with van der Waals surface area (Å²) in [6.45, 7) is 12.5. The molecule has 0 amide bonds. The molecule has 3 saturated carbocycles. The van der Waals surface area contributed by atoms with E-state index in [-0.39, 0.29) is 22.3 Å². The van der Waals surface area contributed by atoms with Crippen molar-refractivity contribution in [2.45, 2.75) is 116 Å². The van der Waals surface area contributed by atoms with Gasteiger partial charge >= 0.3 is 145 Å². The zero-order valence-electron chi connectivity index (χ0n) is 25.5. The van der Waals surface area contributed by atoms with Gasteiger partial charge < -0.3 is 0 Å². The van der Waals surface area contributed by atoms with Crippen molar-refractivity contribution in [2.24, 2.45) is 46.3 Å². The molecule has 4 heteroatoms. The number of hydrogen-bond acceptors (Lipinski definition) is 3. The Hall–Kier alpha value is -1.56. The third-order valence-electron chi connectivity index (χ3n) is 12.1. The molecule has 218 valence electrons. The van der Waals surface area contributed by atoms with E-state index in [9.17, 15) is 4.79 Å². The molecule has 0 saturated heterocycles. The Morgan fingerprint density at radius 3 is 2.50 bits per heavy atom. The number of fused-ring (bicyclic) bond motifs is 5. The standard InChI is InChI=1S/C36H51NO2Se/c1-23(2)7-6-8-24(3)30-15-16-31-29-14-13-27-21-28(17-19-35(27,4)32(29)18-20-36(30,31)5)39-34(38)26-11-9-25(10-12-26)33(40)22-37/h9-13,23-24,28-33,40H,6-8,14-21H2,1-5H3/t24-,28-,29+,30-,31+,32+,33?,35+,36-/m1/s1. The van der Waals surface area contributed by atoms with Gasteiger partial charge in [0.15, 0.2) is 0 Å². The van der Waals surface area contributed by atoms with Gasteiger partial charge in [0.1, 0.15) is 0 Å². The van der Waals surface area contributed by atoms with Crippen LogP contribution in [0.3, 0.4) is 0 Å². The molecular formula is C36H51NO2Se. The molecule has 4 aliphatic carbocycles. The monoisotopic (exact) mass is 609 g/mol. The van der Waals surface area contributed by atoms with Crippen molar-refractivity contribution in [1.82, 2.24) is 0 Å². The van der Waals surface area contributed by atoms with Crippen LogP contribution in [0, 0.1) is 57.7 Å². The van der Waals surface area contributed by atoms with Crippen LogP contribution in [0.25, 0.3) is 0 Å². The fraction of sp³-hybridized carbons (Fsp3) is 0.722. The first-order valence-corrected chi connectivity index (χ1v) is 17.2. The average molecular weight is 609 g/mol. The van der Waals surface area contributed by atoms with E-state index in [1.807, 2.05) is 12.1 Å². The van der Waals surface area contributed by atoms with Crippen LogP contribution in [0.4, 0.5) is 0 Å². The van der Waals surface area contributed by atoms with Gasteiger partial charge in [-0.15, -0.1) is 0 Å². The fourth-order valence-electron chi connectivity index (χ4n) is 9.85. The fourth-order valence-corrected chi connectivity index (χ4v) is 10.2. The maximum atomic E-state index is 13.0. The molecule has 0 aliphatic heterocycles. The molecule has 0 spiro atoms. The quantitative estimate of drug-likeness (QED) is 0.169. The first-order chi connectivity index (χ1) is 19.1. The van der Waals surface area contributed by atoms with Crippen LogP contribution in [0.2, 0.25) is 0 Å². The number of benzene rings is 1. The van der Waals surface area contributed by atoms with E-state index in [2.05, 4.69) is 62.8 Å². The summed E-state index contributed by atoms with van der Waals surface area (Å²) in [5.41, 5.74) is 3.84. The second kappa shape index (κ2) is 12.0. The molecule has 0 N–H and O–H groups in total. The van der Waals surface area contributed by atoms with Gasteiger partial charge in [0.25, 0.3) is 0 Å². The Kier molecular flexibility index (Phi) is 8.95. The van der Waals surface area contributed by atoms with Crippen LogP contribution in [-0.2, 0) is 4.74 Å². The van der Waals surface area contributed by atoms with Crippen molar-refractivity contribution >= 4 is 22.0 Å².